The second kappa shape index (κ2) is 4.39. The van der Waals surface area contributed by atoms with Gasteiger partial charge in [-0.05, 0) is 0 Å². The lowest BCUT2D eigenvalue weighted by Crippen LogP contribution is -2.52. The highest BCUT2D eigenvalue weighted by molar-refractivity contribution is 8.01. The quantitative estimate of drug-likeness (QED) is 0.727. The summed E-state index contributed by atoms with van der Waals surface area (Å²) in [4.78, 5) is 12.2. The largest absolute Gasteiger partial charge is 0.351 e. The summed E-state index contributed by atoms with van der Waals surface area (Å²) in [6.45, 7) is 2.00. The van der Waals surface area contributed by atoms with Crippen LogP contribution in [-0.4, -0.2) is 48.5 Å². The first-order chi connectivity index (χ1) is 6.49. The van der Waals surface area contributed by atoms with Crippen LogP contribution in [0.25, 0.3) is 0 Å². The molecular weight excluding hydrogens is 224 g/mol. The maximum Gasteiger partial charge on any atom is 0.315 e. The molecular formula is C7H14N2O3S2. The number of rotatable bonds is 2. The summed E-state index contributed by atoms with van der Waals surface area (Å²) in [7, 11) is -3.21. The molecule has 0 bridgehead atoms. The molecule has 0 aromatic heterocycles. The van der Waals surface area contributed by atoms with Crippen molar-refractivity contribution in [1.82, 2.24) is 4.90 Å². The van der Waals surface area contributed by atoms with Crippen LogP contribution in [0.2, 0.25) is 0 Å². The molecule has 1 unspecified atom stereocenters. The van der Waals surface area contributed by atoms with E-state index in [1.165, 1.54) is 16.7 Å². The molecule has 1 aliphatic heterocycles. The Labute approximate surface area is 87.9 Å². The zero-order valence-electron chi connectivity index (χ0n) is 7.97. The van der Waals surface area contributed by atoms with Gasteiger partial charge >= 0.3 is 6.03 Å². The second-order valence-corrected chi connectivity index (χ2v) is 6.61. The summed E-state index contributed by atoms with van der Waals surface area (Å²) < 4.78 is 23.2. The van der Waals surface area contributed by atoms with E-state index in [4.69, 9.17) is 5.73 Å². The van der Waals surface area contributed by atoms with Gasteiger partial charge in [0.1, 0.15) is 5.37 Å². The molecule has 1 aliphatic rings. The number of nitrogens with zero attached hydrogens (tertiary/aromatic N) is 1. The number of carbonyl (C=O) groups excluding carboxylic acids is 1. The molecule has 0 aliphatic carbocycles. The first-order valence-electron chi connectivity index (χ1n) is 4.34. The van der Waals surface area contributed by atoms with Crippen molar-refractivity contribution in [3.8, 4) is 0 Å². The van der Waals surface area contributed by atoms with Gasteiger partial charge in [-0.15, -0.1) is 0 Å². The van der Waals surface area contributed by atoms with E-state index in [1.807, 2.05) is 0 Å². The monoisotopic (exact) mass is 238 g/mol. The van der Waals surface area contributed by atoms with Gasteiger partial charge in [0.15, 0.2) is 9.84 Å². The fourth-order valence-electron chi connectivity index (χ4n) is 1.32. The minimum atomic E-state index is -3.21. The van der Waals surface area contributed by atoms with Crippen LogP contribution in [0.1, 0.15) is 6.92 Å². The third-order valence-corrected chi connectivity index (χ3v) is 5.47. The van der Waals surface area contributed by atoms with Crippen LogP contribution in [0.15, 0.2) is 0 Å². The SMILES string of the molecule is CCS(=O)(=O)C1CSCCN1C(N)=O. The maximum atomic E-state index is 11.6. The zero-order valence-corrected chi connectivity index (χ0v) is 9.60. The number of nitrogens with two attached hydrogens (primary N) is 1. The van der Waals surface area contributed by atoms with E-state index in [1.54, 1.807) is 6.92 Å². The molecule has 2 N–H and O–H groups in total. The summed E-state index contributed by atoms with van der Waals surface area (Å²) in [5.74, 6) is 1.22. The fourth-order valence-corrected chi connectivity index (χ4v) is 4.30. The Hall–Kier alpha value is -0.430. The van der Waals surface area contributed by atoms with Crippen molar-refractivity contribution < 1.29 is 13.2 Å². The van der Waals surface area contributed by atoms with E-state index in [-0.39, 0.29) is 5.75 Å². The molecule has 0 aromatic carbocycles. The molecule has 14 heavy (non-hydrogen) atoms. The highest BCUT2D eigenvalue weighted by atomic mass is 32.2. The van der Waals surface area contributed by atoms with Gasteiger partial charge in [0.25, 0.3) is 0 Å². The van der Waals surface area contributed by atoms with Crippen LogP contribution in [0.5, 0.6) is 0 Å². The van der Waals surface area contributed by atoms with Crippen LogP contribution in [0.4, 0.5) is 4.79 Å². The highest BCUT2D eigenvalue weighted by Crippen LogP contribution is 2.20. The molecule has 82 valence electrons. The van der Waals surface area contributed by atoms with Gasteiger partial charge in [0.2, 0.25) is 0 Å². The third kappa shape index (κ3) is 2.33. The van der Waals surface area contributed by atoms with Crippen molar-refractivity contribution in [2.75, 3.05) is 23.8 Å². The molecule has 1 saturated heterocycles. The van der Waals surface area contributed by atoms with Gasteiger partial charge in [-0.25, -0.2) is 13.2 Å². The molecule has 2 amide bonds. The molecule has 7 heteroatoms. The Kier molecular flexibility index (Phi) is 3.65. The van der Waals surface area contributed by atoms with E-state index >= 15 is 0 Å². The van der Waals surface area contributed by atoms with Crippen molar-refractivity contribution in [2.45, 2.75) is 12.3 Å². The number of primary amides is 1. The van der Waals surface area contributed by atoms with E-state index in [9.17, 15) is 13.2 Å². The van der Waals surface area contributed by atoms with E-state index in [2.05, 4.69) is 0 Å². The number of carbonyl (C=O) groups is 1. The normalized spacial score (nSPS) is 23.5. The third-order valence-electron chi connectivity index (χ3n) is 2.18. The molecule has 0 aromatic rings. The van der Waals surface area contributed by atoms with Crippen molar-refractivity contribution in [3.05, 3.63) is 0 Å². The Morgan fingerprint density at radius 2 is 2.29 bits per heavy atom. The summed E-state index contributed by atoms with van der Waals surface area (Å²) >= 11 is 1.54. The number of urea groups is 1. The molecule has 1 heterocycles. The van der Waals surface area contributed by atoms with Crippen LogP contribution in [0, 0.1) is 0 Å². The molecule has 1 fully saturated rings. The summed E-state index contributed by atoms with van der Waals surface area (Å²) in [6.07, 6.45) is 0. The van der Waals surface area contributed by atoms with E-state index in [0.29, 0.717) is 12.3 Å². The molecule has 0 saturated carbocycles. The van der Waals surface area contributed by atoms with E-state index < -0.39 is 21.2 Å². The smallest absolute Gasteiger partial charge is 0.315 e. The van der Waals surface area contributed by atoms with E-state index in [0.717, 1.165) is 5.75 Å². The first kappa shape index (κ1) is 11.6. The Balaban J connectivity index is 2.88. The predicted molar refractivity (Wildman–Crippen MR) is 56.9 cm³/mol. The zero-order chi connectivity index (χ0) is 10.8. The second-order valence-electron chi connectivity index (χ2n) is 3.01. The fraction of sp³-hybridized carbons (Fsp3) is 0.857. The maximum absolute atomic E-state index is 11.6. The molecule has 1 rings (SSSR count). The number of amides is 2. The number of thioether (sulfide) groups is 1. The topological polar surface area (TPSA) is 80.5 Å². The van der Waals surface area contributed by atoms with Crippen molar-refractivity contribution >= 4 is 27.6 Å². The van der Waals surface area contributed by atoms with Gasteiger partial charge in [-0.3, -0.25) is 0 Å². The highest BCUT2D eigenvalue weighted by Gasteiger charge is 2.34. The lowest BCUT2D eigenvalue weighted by Gasteiger charge is -2.33. The van der Waals surface area contributed by atoms with Gasteiger partial charge in [0.05, 0.1) is 0 Å². The lowest BCUT2D eigenvalue weighted by atomic mass is 10.5. The number of sulfone groups is 1. The molecule has 1 atom stereocenters. The number of hydrogen-bond donors (Lipinski definition) is 1. The summed E-state index contributed by atoms with van der Waals surface area (Å²) in [5.41, 5.74) is 5.12. The van der Waals surface area contributed by atoms with Gasteiger partial charge in [-0.1, -0.05) is 6.92 Å². The summed E-state index contributed by atoms with van der Waals surface area (Å²) in [6, 6.07) is -0.646. The standard InChI is InChI=1S/C7H14N2O3S2/c1-2-14(11,12)6-5-13-4-3-9(6)7(8)10/h6H,2-5H2,1H3,(H2,8,10). The van der Waals surface area contributed by atoms with Crippen molar-refractivity contribution in [2.24, 2.45) is 5.73 Å². The van der Waals surface area contributed by atoms with Crippen LogP contribution in [-0.2, 0) is 9.84 Å². The number of hydrogen-bond acceptors (Lipinski definition) is 4. The minimum Gasteiger partial charge on any atom is -0.351 e. The average Bonchev–Trinajstić information content (AvgIpc) is 2.18. The first-order valence-corrected chi connectivity index (χ1v) is 7.21. The Morgan fingerprint density at radius 3 is 2.79 bits per heavy atom. The average molecular weight is 238 g/mol. The summed E-state index contributed by atoms with van der Waals surface area (Å²) in [5, 5.41) is -0.733. The van der Waals surface area contributed by atoms with Crippen LogP contribution in [0.3, 0.4) is 0 Å². The van der Waals surface area contributed by atoms with Crippen molar-refractivity contribution in [1.29, 1.82) is 0 Å². The molecule has 5 nitrogen and oxygen atoms in total. The van der Waals surface area contributed by atoms with Crippen LogP contribution < -0.4 is 5.73 Å². The Bertz CT molecular complexity index is 315. The van der Waals surface area contributed by atoms with Gasteiger partial charge < -0.3 is 10.6 Å². The lowest BCUT2D eigenvalue weighted by molar-refractivity contribution is 0.206. The Morgan fingerprint density at radius 1 is 1.64 bits per heavy atom. The van der Waals surface area contributed by atoms with Gasteiger partial charge in [-0.2, -0.15) is 11.8 Å². The van der Waals surface area contributed by atoms with Gasteiger partial charge in [0, 0.05) is 23.8 Å². The molecule has 0 radical (unpaired) electrons. The van der Waals surface area contributed by atoms with Crippen LogP contribution >= 0.6 is 11.8 Å². The molecule has 0 spiro atoms. The van der Waals surface area contributed by atoms with Crippen molar-refractivity contribution in [3.63, 3.8) is 0 Å². The minimum absolute atomic E-state index is 0.0437. The predicted octanol–water partition coefficient (Wildman–Crippen LogP) is -0.125.